The normalized spacial score (nSPS) is 22.0. The van der Waals surface area contributed by atoms with Crippen LogP contribution in [0, 0.1) is 0 Å². The van der Waals surface area contributed by atoms with E-state index in [1.165, 1.54) is 4.90 Å². The summed E-state index contributed by atoms with van der Waals surface area (Å²) in [6, 6.07) is 5.21. The van der Waals surface area contributed by atoms with Crippen molar-refractivity contribution in [1.82, 2.24) is 15.1 Å². The van der Waals surface area contributed by atoms with Crippen molar-refractivity contribution in [3.05, 3.63) is 23.8 Å². The summed E-state index contributed by atoms with van der Waals surface area (Å²) in [5.74, 6) is 1.35. The van der Waals surface area contributed by atoms with Gasteiger partial charge in [0.2, 0.25) is 5.91 Å². The van der Waals surface area contributed by atoms with E-state index in [1.54, 1.807) is 14.2 Å². The molecule has 0 unspecified atom stereocenters. The molecule has 2 aliphatic heterocycles. The average Bonchev–Trinajstić information content (AvgIpc) is 3.28. The first kappa shape index (κ1) is 17.5. The highest BCUT2D eigenvalue weighted by Gasteiger charge is 2.38. The van der Waals surface area contributed by atoms with Gasteiger partial charge in [0.15, 0.2) is 0 Å². The van der Waals surface area contributed by atoms with Crippen molar-refractivity contribution in [3.63, 3.8) is 0 Å². The van der Waals surface area contributed by atoms with E-state index >= 15 is 0 Å². The summed E-state index contributed by atoms with van der Waals surface area (Å²) in [6.07, 6.45) is 1.95. The summed E-state index contributed by atoms with van der Waals surface area (Å²) in [5.41, 5.74) is 1.05. The minimum Gasteiger partial charge on any atom is -0.497 e. The first-order chi connectivity index (χ1) is 12.1. The van der Waals surface area contributed by atoms with E-state index < -0.39 is 0 Å². The zero-order chi connectivity index (χ0) is 18.0. The second-order valence-corrected chi connectivity index (χ2v) is 6.40. The smallest absolute Gasteiger partial charge is 0.324 e. The molecule has 2 fully saturated rings. The second-order valence-electron chi connectivity index (χ2n) is 6.40. The Balaban J connectivity index is 1.83. The van der Waals surface area contributed by atoms with Crippen LogP contribution >= 0.6 is 0 Å². The second kappa shape index (κ2) is 7.31. The lowest BCUT2D eigenvalue weighted by Gasteiger charge is -2.32. The number of urea groups is 1. The molecular formula is C18H25N3O4. The Kier molecular flexibility index (Phi) is 5.13. The maximum absolute atomic E-state index is 12.7. The third-order valence-electron chi connectivity index (χ3n) is 5.07. The maximum atomic E-state index is 12.7. The largest absolute Gasteiger partial charge is 0.497 e. The number of benzene rings is 1. The summed E-state index contributed by atoms with van der Waals surface area (Å²) < 4.78 is 10.8. The molecule has 136 valence electrons. The van der Waals surface area contributed by atoms with E-state index in [0.717, 1.165) is 36.4 Å². The number of carbonyl (C=O) groups excluding carboxylic acids is 2. The summed E-state index contributed by atoms with van der Waals surface area (Å²) >= 11 is 0. The predicted molar refractivity (Wildman–Crippen MR) is 92.8 cm³/mol. The molecule has 0 aliphatic carbocycles. The van der Waals surface area contributed by atoms with Gasteiger partial charge >= 0.3 is 6.03 Å². The van der Waals surface area contributed by atoms with Gasteiger partial charge in [0, 0.05) is 30.8 Å². The fourth-order valence-electron chi connectivity index (χ4n) is 3.73. The molecule has 2 atom stereocenters. The lowest BCUT2D eigenvalue weighted by molar-refractivity contribution is -0.133. The standard InChI is InChI=1S/C18H25N3O4/c1-12(17(22)21-10-8-19-18(21)23)20-9-4-5-15(20)14-7-6-13(24-2)11-16(14)25-3/h6-7,11-12,15H,4-5,8-10H2,1-3H3,(H,19,23)/t12-,15-/m1/s1. The van der Waals surface area contributed by atoms with Gasteiger partial charge in [-0.1, -0.05) is 6.07 Å². The number of imide groups is 1. The lowest BCUT2D eigenvalue weighted by atomic mass is 10.0. The van der Waals surface area contributed by atoms with Crippen LogP contribution in [0.1, 0.15) is 31.4 Å². The molecule has 3 rings (SSSR count). The van der Waals surface area contributed by atoms with Crippen LogP contribution in [0.3, 0.4) is 0 Å². The molecule has 0 saturated carbocycles. The number of hydrogen-bond donors (Lipinski definition) is 1. The van der Waals surface area contributed by atoms with Crippen molar-refractivity contribution >= 4 is 11.9 Å². The van der Waals surface area contributed by atoms with Crippen molar-refractivity contribution in [2.24, 2.45) is 0 Å². The highest BCUT2D eigenvalue weighted by Crippen LogP contribution is 2.39. The van der Waals surface area contributed by atoms with Crippen LogP contribution in [-0.4, -0.2) is 61.6 Å². The Bertz CT molecular complexity index is 664. The topological polar surface area (TPSA) is 71.1 Å². The fourth-order valence-corrected chi connectivity index (χ4v) is 3.73. The lowest BCUT2D eigenvalue weighted by Crippen LogP contribution is -2.48. The monoisotopic (exact) mass is 347 g/mol. The number of likely N-dealkylation sites (tertiary alicyclic amines) is 1. The number of carbonyl (C=O) groups is 2. The fraction of sp³-hybridized carbons (Fsp3) is 0.556. The van der Waals surface area contributed by atoms with Gasteiger partial charge in [-0.25, -0.2) is 4.79 Å². The molecule has 2 aliphatic rings. The molecule has 1 aromatic carbocycles. The Hall–Kier alpha value is -2.28. The molecule has 7 nitrogen and oxygen atoms in total. The quantitative estimate of drug-likeness (QED) is 0.879. The first-order valence-corrected chi connectivity index (χ1v) is 8.63. The number of hydrogen-bond acceptors (Lipinski definition) is 5. The summed E-state index contributed by atoms with van der Waals surface area (Å²) in [7, 11) is 3.26. The molecule has 0 spiro atoms. The van der Waals surface area contributed by atoms with E-state index in [4.69, 9.17) is 9.47 Å². The van der Waals surface area contributed by atoms with Gasteiger partial charge in [-0.3, -0.25) is 14.6 Å². The molecule has 0 radical (unpaired) electrons. The van der Waals surface area contributed by atoms with Gasteiger partial charge < -0.3 is 14.8 Å². The van der Waals surface area contributed by atoms with Crippen molar-refractivity contribution < 1.29 is 19.1 Å². The average molecular weight is 347 g/mol. The molecule has 0 bridgehead atoms. The minimum atomic E-state index is -0.358. The van der Waals surface area contributed by atoms with Crippen molar-refractivity contribution in [2.45, 2.75) is 31.8 Å². The number of methoxy groups -OCH3 is 2. The molecule has 2 heterocycles. The Morgan fingerprint density at radius 2 is 2.08 bits per heavy atom. The number of rotatable bonds is 5. The van der Waals surface area contributed by atoms with Gasteiger partial charge in [0.1, 0.15) is 11.5 Å². The van der Waals surface area contributed by atoms with Gasteiger partial charge in [0.05, 0.1) is 20.3 Å². The van der Waals surface area contributed by atoms with E-state index in [1.807, 2.05) is 25.1 Å². The van der Waals surface area contributed by atoms with Crippen LogP contribution in [-0.2, 0) is 4.79 Å². The van der Waals surface area contributed by atoms with Crippen molar-refractivity contribution in [3.8, 4) is 11.5 Å². The van der Waals surface area contributed by atoms with Gasteiger partial charge in [-0.2, -0.15) is 0 Å². The molecule has 1 N–H and O–H groups in total. The van der Waals surface area contributed by atoms with Gasteiger partial charge in [0.25, 0.3) is 0 Å². The summed E-state index contributed by atoms with van der Waals surface area (Å²) in [4.78, 5) is 28.0. The Morgan fingerprint density at radius 3 is 2.72 bits per heavy atom. The first-order valence-electron chi connectivity index (χ1n) is 8.63. The SMILES string of the molecule is COc1ccc([C@H]2CCCN2[C@H](C)C(=O)N2CCNC2=O)c(OC)c1. The van der Waals surface area contributed by atoms with Crippen LogP contribution in [0.25, 0.3) is 0 Å². The molecule has 1 aromatic rings. The Morgan fingerprint density at radius 1 is 1.28 bits per heavy atom. The minimum absolute atomic E-state index is 0.0884. The van der Waals surface area contributed by atoms with E-state index in [-0.39, 0.29) is 24.0 Å². The molecular weight excluding hydrogens is 322 g/mol. The molecule has 7 heteroatoms. The summed E-state index contributed by atoms with van der Waals surface area (Å²) in [6.45, 7) is 3.66. The number of amides is 3. The Labute approximate surface area is 147 Å². The van der Waals surface area contributed by atoms with Crippen molar-refractivity contribution in [1.29, 1.82) is 0 Å². The number of ether oxygens (including phenoxy) is 2. The van der Waals surface area contributed by atoms with E-state index in [0.29, 0.717) is 13.1 Å². The van der Waals surface area contributed by atoms with E-state index in [9.17, 15) is 9.59 Å². The van der Waals surface area contributed by atoms with Crippen LogP contribution in [0.2, 0.25) is 0 Å². The maximum Gasteiger partial charge on any atom is 0.324 e. The van der Waals surface area contributed by atoms with E-state index in [2.05, 4.69) is 10.2 Å². The highest BCUT2D eigenvalue weighted by molar-refractivity contribution is 5.98. The zero-order valence-electron chi connectivity index (χ0n) is 14.9. The summed E-state index contributed by atoms with van der Waals surface area (Å²) in [5, 5.41) is 2.68. The van der Waals surface area contributed by atoms with Gasteiger partial charge in [-0.05, 0) is 32.4 Å². The molecule has 25 heavy (non-hydrogen) atoms. The van der Waals surface area contributed by atoms with Crippen LogP contribution in [0.4, 0.5) is 4.79 Å². The van der Waals surface area contributed by atoms with Crippen LogP contribution in [0.15, 0.2) is 18.2 Å². The third-order valence-corrected chi connectivity index (χ3v) is 5.07. The predicted octanol–water partition coefficient (Wildman–Crippen LogP) is 1.78. The van der Waals surface area contributed by atoms with Crippen LogP contribution < -0.4 is 14.8 Å². The molecule has 3 amide bonds. The molecule has 0 aromatic heterocycles. The van der Waals surface area contributed by atoms with Crippen molar-refractivity contribution in [2.75, 3.05) is 33.9 Å². The highest BCUT2D eigenvalue weighted by atomic mass is 16.5. The zero-order valence-corrected chi connectivity index (χ0v) is 14.9. The third kappa shape index (κ3) is 3.28. The number of nitrogens with zero attached hydrogens (tertiary/aromatic N) is 2. The number of nitrogens with one attached hydrogen (secondary N) is 1. The van der Waals surface area contributed by atoms with Gasteiger partial charge in [-0.15, -0.1) is 0 Å². The van der Waals surface area contributed by atoms with Crippen LogP contribution in [0.5, 0.6) is 11.5 Å². The molecule has 2 saturated heterocycles.